The average molecular weight is 632 g/mol. The standard InChI is InChI=1S/C34H28Cl2N2O6/c1-34-24(31(41)38(33(34)43)19-6-4-3-5-7-19)16-23-21(28(34)17-14-25(36)29(39)26(15-17)44-2)12-13-22-27(23)32(42)37(30(22)40)20-10-8-18(35)9-11-20/h3-12,14-15,22-24,27-28,39H,13,16H2,1-2H3/t22-,23+,24-,27-,28-,34+/m0/s1. The van der Waals surface area contributed by atoms with E-state index >= 15 is 0 Å². The van der Waals surface area contributed by atoms with Crippen molar-refractivity contribution in [2.45, 2.75) is 25.7 Å². The quantitative estimate of drug-likeness (QED) is 0.274. The van der Waals surface area contributed by atoms with Crippen LogP contribution >= 0.6 is 23.2 Å². The first kappa shape index (κ1) is 28.6. The van der Waals surface area contributed by atoms with Crippen molar-refractivity contribution in [3.8, 4) is 11.5 Å². The average Bonchev–Trinajstić information content (AvgIpc) is 3.39. The van der Waals surface area contributed by atoms with Crippen LogP contribution in [0.2, 0.25) is 10.0 Å². The number of hydrogen-bond donors (Lipinski definition) is 1. The fraction of sp³-hybridized carbons (Fsp3) is 0.294. The third-order valence-corrected chi connectivity index (χ3v) is 10.5. The van der Waals surface area contributed by atoms with Crippen molar-refractivity contribution in [2.75, 3.05) is 16.9 Å². The predicted octanol–water partition coefficient (Wildman–Crippen LogP) is 6.14. The highest BCUT2D eigenvalue weighted by atomic mass is 35.5. The smallest absolute Gasteiger partial charge is 0.241 e. The van der Waals surface area contributed by atoms with E-state index in [1.165, 1.54) is 16.9 Å². The first-order chi connectivity index (χ1) is 21.1. The van der Waals surface area contributed by atoms with Crippen LogP contribution in [-0.2, 0) is 19.2 Å². The van der Waals surface area contributed by atoms with Crippen LogP contribution in [0.5, 0.6) is 11.5 Å². The van der Waals surface area contributed by atoms with E-state index in [1.54, 1.807) is 67.6 Å². The largest absolute Gasteiger partial charge is 0.503 e. The number of fused-ring (bicyclic) bond motifs is 4. The topological polar surface area (TPSA) is 104 Å². The summed E-state index contributed by atoms with van der Waals surface area (Å²) < 4.78 is 5.42. The zero-order chi connectivity index (χ0) is 31.1. The van der Waals surface area contributed by atoms with E-state index in [1.807, 2.05) is 12.1 Å². The number of allylic oxidation sites excluding steroid dienone is 2. The number of phenolic OH excluding ortho intramolecular Hbond substituents is 1. The number of benzene rings is 3. The third kappa shape index (κ3) is 3.90. The Hall–Kier alpha value is -4.14. The SMILES string of the molecule is COc1cc([C@H]2C3=CC[C@@H]4C(=O)N(c5ccc(Cl)cc5)C(=O)[C@@H]4[C@@H]3C[C@H]3C(=O)N(c4ccccc4)C(=O)[C@@]23C)cc(Cl)c1O. The molecule has 0 aromatic heterocycles. The van der Waals surface area contributed by atoms with E-state index in [2.05, 4.69) is 0 Å². The van der Waals surface area contributed by atoms with Gasteiger partial charge < -0.3 is 9.84 Å². The van der Waals surface area contributed by atoms with Crippen LogP contribution in [-0.4, -0.2) is 35.8 Å². The van der Waals surface area contributed by atoms with Crippen LogP contribution in [0.4, 0.5) is 11.4 Å². The summed E-state index contributed by atoms with van der Waals surface area (Å²) in [6.07, 6.45) is 2.49. The van der Waals surface area contributed by atoms with E-state index in [9.17, 15) is 24.3 Å². The monoisotopic (exact) mass is 630 g/mol. The second kappa shape index (κ2) is 10.2. The highest BCUT2D eigenvalue weighted by Crippen LogP contribution is 2.64. The van der Waals surface area contributed by atoms with Gasteiger partial charge in [-0.05, 0) is 79.8 Å². The molecule has 8 nitrogen and oxygen atoms in total. The van der Waals surface area contributed by atoms with Gasteiger partial charge >= 0.3 is 0 Å². The molecule has 4 amide bonds. The number of ether oxygens (including phenoxy) is 1. The molecule has 2 saturated heterocycles. The summed E-state index contributed by atoms with van der Waals surface area (Å²) in [6.45, 7) is 1.80. The fourth-order valence-electron chi connectivity index (χ4n) is 7.98. The molecule has 44 heavy (non-hydrogen) atoms. The Bertz CT molecular complexity index is 1770. The van der Waals surface area contributed by atoms with Crippen LogP contribution in [0.15, 0.2) is 78.4 Å². The number of carbonyl (C=O) groups is 4. The van der Waals surface area contributed by atoms with Crippen LogP contribution < -0.4 is 14.5 Å². The van der Waals surface area contributed by atoms with Crippen molar-refractivity contribution in [1.82, 2.24) is 0 Å². The number of anilines is 2. The van der Waals surface area contributed by atoms with Crippen LogP contribution in [0.1, 0.15) is 31.2 Å². The lowest BCUT2D eigenvalue weighted by molar-refractivity contribution is -0.131. The molecule has 3 aromatic rings. The molecule has 224 valence electrons. The molecule has 3 aromatic carbocycles. The van der Waals surface area contributed by atoms with E-state index in [-0.39, 0.29) is 46.6 Å². The van der Waals surface area contributed by atoms with Gasteiger partial charge in [-0.1, -0.05) is 53.1 Å². The molecule has 7 rings (SSSR count). The molecular weight excluding hydrogens is 603 g/mol. The molecule has 0 bridgehead atoms. The number of amides is 4. The molecule has 3 fully saturated rings. The molecule has 0 radical (unpaired) electrons. The van der Waals surface area contributed by atoms with Crippen molar-refractivity contribution >= 4 is 58.2 Å². The van der Waals surface area contributed by atoms with E-state index in [4.69, 9.17) is 27.9 Å². The Morgan fingerprint density at radius 3 is 2.23 bits per heavy atom. The van der Waals surface area contributed by atoms with Crippen LogP contribution in [0.25, 0.3) is 0 Å². The minimum atomic E-state index is -1.24. The van der Waals surface area contributed by atoms with Gasteiger partial charge in [0.25, 0.3) is 0 Å². The molecule has 10 heteroatoms. The lowest BCUT2D eigenvalue weighted by Crippen LogP contribution is -2.48. The third-order valence-electron chi connectivity index (χ3n) is 9.98. The number of nitrogens with zero attached hydrogens (tertiary/aromatic N) is 2. The number of rotatable bonds is 4. The summed E-state index contributed by atoms with van der Waals surface area (Å²) in [5, 5.41) is 11.1. The number of methoxy groups -OCH3 is 1. The highest BCUT2D eigenvalue weighted by molar-refractivity contribution is 6.32. The van der Waals surface area contributed by atoms with Crippen molar-refractivity contribution in [3.63, 3.8) is 0 Å². The molecular formula is C34H28Cl2N2O6. The van der Waals surface area contributed by atoms with E-state index in [0.717, 1.165) is 5.57 Å². The zero-order valence-electron chi connectivity index (χ0n) is 23.9. The minimum Gasteiger partial charge on any atom is -0.503 e. The van der Waals surface area contributed by atoms with Gasteiger partial charge in [-0.25, -0.2) is 4.90 Å². The summed E-state index contributed by atoms with van der Waals surface area (Å²) in [4.78, 5) is 59.0. The summed E-state index contributed by atoms with van der Waals surface area (Å²) in [7, 11) is 1.41. The van der Waals surface area contributed by atoms with Gasteiger partial charge in [-0.15, -0.1) is 0 Å². The number of imide groups is 2. The van der Waals surface area contributed by atoms with Gasteiger partial charge in [0.05, 0.1) is 46.7 Å². The molecule has 0 unspecified atom stereocenters. The van der Waals surface area contributed by atoms with Gasteiger partial charge in [0.15, 0.2) is 11.5 Å². The summed E-state index contributed by atoms with van der Waals surface area (Å²) in [5.74, 6) is -4.72. The Morgan fingerprint density at radius 1 is 0.864 bits per heavy atom. The van der Waals surface area contributed by atoms with Gasteiger partial charge in [-0.2, -0.15) is 0 Å². The molecule has 2 aliphatic carbocycles. The lowest BCUT2D eigenvalue weighted by Gasteiger charge is -2.49. The van der Waals surface area contributed by atoms with Crippen LogP contribution in [0.3, 0.4) is 0 Å². The normalized spacial score (nSPS) is 29.4. The lowest BCUT2D eigenvalue weighted by atomic mass is 9.51. The van der Waals surface area contributed by atoms with Crippen molar-refractivity contribution in [2.24, 2.45) is 29.1 Å². The Morgan fingerprint density at radius 2 is 1.55 bits per heavy atom. The molecule has 4 aliphatic rings. The van der Waals surface area contributed by atoms with E-state index < -0.39 is 35.0 Å². The number of halogens is 2. The number of para-hydroxylation sites is 1. The maximum absolute atomic E-state index is 14.5. The van der Waals surface area contributed by atoms with Gasteiger partial charge in [0.2, 0.25) is 23.6 Å². The second-order valence-electron chi connectivity index (χ2n) is 12.0. The van der Waals surface area contributed by atoms with Crippen molar-refractivity contribution in [1.29, 1.82) is 0 Å². The number of hydrogen-bond acceptors (Lipinski definition) is 6. The number of carbonyl (C=O) groups excluding carboxylic acids is 4. The maximum Gasteiger partial charge on any atom is 0.241 e. The van der Waals surface area contributed by atoms with Gasteiger partial charge in [0.1, 0.15) is 0 Å². The Kier molecular flexibility index (Phi) is 6.64. The summed E-state index contributed by atoms with van der Waals surface area (Å²) in [6, 6.07) is 18.6. The van der Waals surface area contributed by atoms with Crippen molar-refractivity contribution < 1.29 is 29.0 Å². The number of aromatic hydroxyl groups is 1. The Balaban J connectivity index is 1.39. The van der Waals surface area contributed by atoms with Gasteiger partial charge in [-0.3, -0.25) is 24.1 Å². The first-order valence-corrected chi connectivity index (χ1v) is 15.2. The maximum atomic E-state index is 14.5. The Labute approximate surface area is 263 Å². The number of phenols is 1. The molecule has 0 spiro atoms. The molecule has 6 atom stereocenters. The second-order valence-corrected chi connectivity index (χ2v) is 12.9. The predicted molar refractivity (Wildman–Crippen MR) is 165 cm³/mol. The molecule has 1 saturated carbocycles. The first-order valence-electron chi connectivity index (χ1n) is 14.4. The van der Waals surface area contributed by atoms with Crippen LogP contribution in [0, 0.1) is 29.1 Å². The summed E-state index contributed by atoms with van der Waals surface area (Å²) in [5.41, 5.74) is 1.05. The van der Waals surface area contributed by atoms with E-state index in [0.29, 0.717) is 28.4 Å². The zero-order valence-corrected chi connectivity index (χ0v) is 25.4. The minimum absolute atomic E-state index is 0.0358. The molecule has 2 aliphatic heterocycles. The van der Waals surface area contributed by atoms with Crippen molar-refractivity contribution in [3.05, 3.63) is 94.0 Å². The summed E-state index contributed by atoms with van der Waals surface area (Å²) >= 11 is 12.5. The molecule has 2 heterocycles. The fourth-order valence-corrected chi connectivity index (χ4v) is 8.32. The molecule has 1 N–H and O–H groups in total. The van der Waals surface area contributed by atoms with Gasteiger partial charge in [0, 0.05) is 10.9 Å². The highest BCUT2D eigenvalue weighted by Gasteiger charge is 2.67.